The minimum absolute atomic E-state index is 0.0676. The zero-order valence-corrected chi connectivity index (χ0v) is 12.3. The Kier molecular flexibility index (Phi) is 6.64. The van der Waals surface area contributed by atoms with Gasteiger partial charge in [0.05, 0.1) is 20.3 Å². The minimum atomic E-state index is -3.81. The molecule has 1 atom stereocenters. The smallest absolute Gasteiger partial charge is 0.482 e. The van der Waals surface area contributed by atoms with E-state index < -0.39 is 39.3 Å². The standard InChI is InChI=1S/C9H16BO9P/c1-4-16-20(13,17-5-2)9-8(12)18-10(19-9)15-6-7(11)14-3/h9H,4-6H2,1-3H3. The third kappa shape index (κ3) is 4.29. The van der Waals surface area contributed by atoms with E-state index in [1.165, 1.54) is 7.11 Å². The fourth-order valence-corrected chi connectivity index (χ4v) is 2.98. The molecule has 1 saturated heterocycles. The molecule has 0 aromatic heterocycles. The van der Waals surface area contributed by atoms with Crippen molar-refractivity contribution in [1.82, 2.24) is 0 Å². The van der Waals surface area contributed by atoms with E-state index in [1.807, 2.05) is 0 Å². The molecule has 1 fully saturated rings. The molecule has 0 aromatic rings. The summed E-state index contributed by atoms with van der Waals surface area (Å²) < 4.78 is 41.2. The Morgan fingerprint density at radius 2 is 1.95 bits per heavy atom. The van der Waals surface area contributed by atoms with Gasteiger partial charge in [-0.1, -0.05) is 0 Å². The predicted octanol–water partition coefficient (Wildman–Crippen LogP) is 0.326. The van der Waals surface area contributed by atoms with Crippen LogP contribution in [0.15, 0.2) is 0 Å². The maximum absolute atomic E-state index is 12.3. The van der Waals surface area contributed by atoms with E-state index in [0.717, 1.165) is 0 Å². The molecule has 0 N–H and O–H groups in total. The van der Waals surface area contributed by atoms with Crippen LogP contribution in [0.5, 0.6) is 0 Å². The number of methoxy groups -OCH3 is 1. The number of hydrogen-bond acceptors (Lipinski definition) is 9. The van der Waals surface area contributed by atoms with Crippen molar-refractivity contribution in [3.63, 3.8) is 0 Å². The molecule has 1 heterocycles. The van der Waals surface area contributed by atoms with Crippen molar-refractivity contribution < 1.29 is 41.9 Å². The molecule has 0 aromatic carbocycles. The number of carbonyl (C=O) groups excluding carboxylic acids is 2. The van der Waals surface area contributed by atoms with Crippen molar-refractivity contribution in [3.05, 3.63) is 0 Å². The van der Waals surface area contributed by atoms with Gasteiger partial charge in [-0.25, -0.2) is 4.79 Å². The summed E-state index contributed by atoms with van der Waals surface area (Å²) in [6.07, 6.45) is 0. The average Bonchev–Trinajstić information content (AvgIpc) is 2.78. The van der Waals surface area contributed by atoms with Gasteiger partial charge in [0, 0.05) is 0 Å². The zero-order valence-electron chi connectivity index (χ0n) is 11.4. The molecule has 1 aliphatic rings. The summed E-state index contributed by atoms with van der Waals surface area (Å²) in [5.74, 6) is -3.15. The first kappa shape index (κ1) is 17.1. The fourth-order valence-electron chi connectivity index (χ4n) is 1.35. The first-order chi connectivity index (χ1) is 9.46. The van der Waals surface area contributed by atoms with Crippen LogP contribution in [0, 0.1) is 0 Å². The van der Waals surface area contributed by atoms with Gasteiger partial charge < -0.3 is 27.7 Å². The molecule has 0 amide bonds. The van der Waals surface area contributed by atoms with Crippen LogP contribution in [0.25, 0.3) is 0 Å². The van der Waals surface area contributed by atoms with Crippen molar-refractivity contribution in [1.29, 1.82) is 0 Å². The largest absolute Gasteiger partial charge is 0.716 e. The average molecular weight is 310 g/mol. The Hall–Kier alpha value is -0.925. The SMILES string of the molecule is CCOP(=O)(OCC)C1OB(OCC(=O)OC)OC1=O. The van der Waals surface area contributed by atoms with Gasteiger partial charge in [0.15, 0.2) is 0 Å². The first-order valence-corrected chi connectivity index (χ1v) is 7.51. The second-order valence-corrected chi connectivity index (χ2v) is 5.54. The molecule has 1 aliphatic heterocycles. The van der Waals surface area contributed by atoms with Crippen molar-refractivity contribution >= 4 is 26.9 Å². The van der Waals surface area contributed by atoms with Gasteiger partial charge in [-0.05, 0) is 13.8 Å². The number of esters is 1. The summed E-state index contributed by atoms with van der Waals surface area (Å²) in [7, 11) is -4.09. The zero-order chi connectivity index (χ0) is 15.2. The van der Waals surface area contributed by atoms with Gasteiger partial charge in [-0.3, -0.25) is 9.36 Å². The highest BCUT2D eigenvalue weighted by Crippen LogP contribution is 2.55. The Balaban J connectivity index is 2.65. The molecule has 114 valence electrons. The van der Waals surface area contributed by atoms with E-state index >= 15 is 0 Å². The summed E-state index contributed by atoms with van der Waals surface area (Å²) in [5, 5.41) is 0. The molecule has 0 radical (unpaired) electrons. The van der Waals surface area contributed by atoms with E-state index in [4.69, 9.17) is 18.4 Å². The van der Waals surface area contributed by atoms with E-state index in [9.17, 15) is 14.2 Å². The Morgan fingerprint density at radius 3 is 2.45 bits per heavy atom. The third-order valence-corrected chi connectivity index (χ3v) is 4.27. The summed E-state index contributed by atoms with van der Waals surface area (Å²) in [4.78, 5) is 22.5. The Labute approximate surface area is 116 Å². The summed E-state index contributed by atoms with van der Waals surface area (Å²) in [5.41, 5.74) is 0. The lowest BCUT2D eigenvalue weighted by Gasteiger charge is -2.19. The number of hydrogen-bond donors (Lipinski definition) is 0. The topological polar surface area (TPSA) is 107 Å². The summed E-state index contributed by atoms with van der Waals surface area (Å²) >= 11 is 0. The lowest BCUT2D eigenvalue weighted by molar-refractivity contribution is -0.144. The lowest BCUT2D eigenvalue weighted by Crippen LogP contribution is -2.25. The lowest BCUT2D eigenvalue weighted by atomic mass is 10.2. The predicted molar refractivity (Wildman–Crippen MR) is 65.5 cm³/mol. The van der Waals surface area contributed by atoms with E-state index in [0.29, 0.717) is 0 Å². The highest BCUT2D eigenvalue weighted by Gasteiger charge is 2.54. The van der Waals surface area contributed by atoms with Crippen LogP contribution in [-0.2, 0) is 41.9 Å². The van der Waals surface area contributed by atoms with E-state index in [2.05, 4.69) is 9.39 Å². The van der Waals surface area contributed by atoms with Crippen molar-refractivity contribution in [3.8, 4) is 0 Å². The number of ether oxygens (including phenoxy) is 1. The number of carbonyl (C=O) groups is 2. The maximum Gasteiger partial charge on any atom is 0.716 e. The van der Waals surface area contributed by atoms with Crippen LogP contribution < -0.4 is 0 Å². The van der Waals surface area contributed by atoms with Gasteiger partial charge in [0.2, 0.25) is 5.85 Å². The van der Waals surface area contributed by atoms with Crippen molar-refractivity contribution in [2.24, 2.45) is 0 Å². The molecule has 0 bridgehead atoms. The van der Waals surface area contributed by atoms with Crippen molar-refractivity contribution in [2.45, 2.75) is 19.7 Å². The van der Waals surface area contributed by atoms with Gasteiger partial charge >= 0.3 is 26.9 Å². The molecule has 1 rings (SSSR count). The third-order valence-electron chi connectivity index (χ3n) is 2.12. The van der Waals surface area contributed by atoms with Gasteiger partial charge in [0.1, 0.15) is 6.61 Å². The summed E-state index contributed by atoms with van der Waals surface area (Å²) in [6.45, 7) is 2.85. The van der Waals surface area contributed by atoms with Crippen molar-refractivity contribution in [2.75, 3.05) is 26.9 Å². The van der Waals surface area contributed by atoms with Gasteiger partial charge in [0.25, 0.3) is 0 Å². The minimum Gasteiger partial charge on any atom is -0.482 e. The first-order valence-electron chi connectivity index (χ1n) is 5.90. The van der Waals surface area contributed by atoms with Gasteiger partial charge in [-0.2, -0.15) is 0 Å². The molecular formula is C9H16BO9P. The Morgan fingerprint density at radius 1 is 1.35 bits per heavy atom. The second kappa shape index (κ2) is 7.75. The van der Waals surface area contributed by atoms with E-state index in [-0.39, 0.29) is 13.2 Å². The Bertz CT molecular complexity index is 391. The molecule has 0 spiro atoms. The second-order valence-electron chi connectivity index (χ2n) is 3.48. The molecular weight excluding hydrogens is 294 g/mol. The quantitative estimate of drug-likeness (QED) is 0.356. The van der Waals surface area contributed by atoms with E-state index in [1.54, 1.807) is 13.8 Å². The van der Waals surface area contributed by atoms with Crippen LogP contribution in [0.1, 0.15) is 13.8 Å². The van der Waals surface area contributed by atoms with Crippen LogP contribution >= 0.6 is 7.60 Å². The van der Waals surface area contributed by atoms with Crippen LogP contribution in [-0.4, -0.2) is 52.0 Å². The van der Waals surface area contributed by atoms with Gasteiger partial charge in [-0.15, -0.1) is 0 Å². The molecule has 0 aliphatic carbocycles. The number of rotatable bonds is 8. The molecule has 0 saturated carbocycles. The fraction of sp³-hybridized carbons (Fsp3) is 0.778. The maximum atomic E-state index is 12.3. The molecule has 11 heteroatoms. The normalized spacial score (nSPS) is 19.1. The molecule has 9 nitrogen and oxygen atoms in total. The monoisotopic (exact) mass is 310 g/mol. The summed E-state index contributed by atoms with van der Waals surface area (Å²) in [6, 6.07) is 0. The molecule has 1 unspecified atom stereocenters. The van der Waals surface area contributed by atoms with Crippen LogP contribution in [0.2, 0.25) is 0 Å². The highest BCUT2D eigenvalue weighted by atomic mass is 31.2. The van der Waals surface area contributed by atoms with Crippen LogP contribution in [0.3, 0.4) is 0 Å². The van der Waals surface area contributed by atoms with Crippen LogP contribution in [0.4, 0.5) is 0 Å². The molecule has 20 heavy (non-hydrogen) atoms. The highest BCUT2D eigenvalue weighted by molar-refractivity contribution is 7.55.